The molecule has 0 unspecified atom stereocenters. The van der Waals surface area contributed by atoms with E-state index in [4.69, 9.17) is 9.47 Å². The predicted octanol–water partition coefficient (Wildman–Crippen LogP) is 2.21. The van der Waals surface area contributed by atoms with Gasteiger partial charge in [-0.1, -0.05) is 60.7 Å². The van der Waals surface area contributed by atoms with Crippen molar-refractivity contribution >= 4 is 24.1 Å². The summed E-state index contributed by atoms with van der Waals surface area (Å²) in [5.41, 5.74) is 1.44. The van der Waals surface area contributed by atoms with Gasteiger partial charge in [-0.3, -0.25) is 10.1 Å². The summed E-state index contributed by atoms with van der Waals surface area (Å²) in [5, 5.41) is 13.2. The van der Waals surface area contributed by atoms with Crippen LogP contribution in [-0.4, -0.2) is 35.2 Å². The molecule has 0 bridgehead atoms. The molecular formula is C20H20N2O7. The molecular weight excluding hydrogens is 380 g/mol. The Morgan fingerprint density at radius 1 is 0.793 bits per heavy atom. The van der Waals surface area contributed by atoms with Crippen LogP contribution >= 0.6 is 0 Å². The first kappa shape index (κ1) is 21.4. The number of rotatable bonds is 8. The van der Waals surface area contributed by atoms with Crippen molar-refractivity contribution in [3.05, 3.63) is 71.8 Å². The minimum atomic E-state index is -1.57. The number of carboxylic acids is 1. The molecule has 2 rings (SSSR count). The number of imide groups is 1. The summed E-state index contributed by atoms with van der Waals surface area (Å²) in [6, 6.07) is 16.0. The van der Waals surface area contributed by atoms with Crippen LogP contribution in [0.3, 0.4) is 0 Å². The second-order valence-corrected chi connectivity index (χ2v) is 5.91. The van der Waals surface area contributed by atoms with Crippen molar-refractivity contribution in [2.45, 2.75) is 25.7 Å². The van der Waals surface area contributed by atoms with Gasteiger partial charge in [-0.25, -0.2) is 14.4 Å². The van der Waals surface area contributed by atoms with Gasteiger partial charge in [0.1, 0.15) is 19.3 Å². The molecule has 0 radical (unpaired) electrons. The Labute approximate surface area is 166 Å². The Bertz CT molecular complexity index is 840. The van der Waals surface area contributed by atoms with Crippen molar-refractivity contribution in [3.63, 3.8) is 0 Å². The summed E-state index contributed by atoms with van der Waals surface area (Å²) in [6.45, 7) is -0.108. The highest BCUT2D eigenvalue weighted by Crippen LogP contribution is 2.03. The molecule has 3 N–H and O–H groups in total. The number of nitrogens with one attached hydrogen (secondary N) is 2. The maximum absolute atomic E-state index is 11.9. The third kappa shape index (κ3) is 8.12. The lowest BCUT2D eigenvalue weighted by Crippen LogP contribution is -2.45. The fourth-order valence-electron chi connectivity index (χ4n) is 2.22. The fourth-order valence-corrected chi connectivity index (χ4v) is 2.22. The van der Waals surface area contributed by atoms with Crippen molar-refractivity contribution in [3.8, 4) is 0 Å². The molecule has 0 fully saturated rings. The summed E-state index contributed by atoms with van der Waals surface area (Å²) >= 11 is 0. The number of hydrogen-bond acceptors (Lipinski definition) is 6. The summed E-state index contributed by atoms with van der Waals surface area (Å²) in [5.74, 6) is -2.37. The van der Waals surface area contributed by atoms with Crippen LogP contribution in [-0.2, 0) is 32.3 Å². The molecule has 152 valence electrons. The number of carbonyl (C=O) groups excluding carboxylic acids is 3. The van der Waals surface area contributed by atoms with E-state index in [1.807, 2.05) is 5.32 Å². The number of amides is 3. The van der Waals surface area contributed by atoms with E-state index in [-0.39, 0.29) is 13.2 Å². The Morgan fingerprint density at radius 3 is 1.76 bits per heavy atom. The van der Waals surface area contributed by atoms with Crippen LogP contribution in [0.5, 0.6) is 0 Å². The number of benzene rings is 2. The molecule has 9 heteroatoms. The number of alkyl carbamates (subject to hydrolysis) is 2. The standard InChI is InChI=1S/C20H20N2O7/c23-17(22-20(27)29-13-15-9-5-2-6-10-15)11-16(18(24)25)21-19(26)28-12-14-7-3-1-4-8-14/h1-10,16H,11-13H2,(H,21,26)(H,24,25)(H,22,23,27)/t16-/m0/s1. The van der Waals surface area contributed by atoms with E-state index in [0.717, 1.165) is 5.56 Å². The zero-order valence-corrected chi connectivity index (χ0v) is 15.4. The Hall–Kier alpha value is -3.88. The van der Waals surface area contributed by atoms with E-state index in [1.54, 1.807) is 60.7 Å². The molecule has 2 aromatic rings. The van der Waals surface area contributed by atoms with E-state index in [0.29, 0.717) is 5.56 Å². The van der Waals surface area contributed by atoms with Crippen LogP contribution < -0.4 is 10.6 Å². The van der Waals surface area contributed by atoms with Crippen LogP contribution in [0.2, 0.25) is 0 Å². The van der Waals surface area contributed by atoms with Gasteiger partial charge in [0.25, 0.3) is 0 Å². The SMILES string of the molecule is O=C(C[C@H](NC(=O)OCc1ccccc1)C(=O)O)NC(=O)OCc1ccccc1. The van der Waals surface area contributed by atoms with Crippen molar-refractivity contribution < 1.29 is 33.8 Å². The molecule has 0 aliphatic rings. The van der Waals surface area contributed by atoms with Gasteiger partial charge in [-0.2, -0.15) is 0 Å². The normalized spacial score (nSPS) is 11.0. The number of ether oxygens (including phenoxy) is 2. The molecule has 0 aliphatic carbocycles. The molecule has 0 heterocycles. The Morgan fingerprint density at radius 2 is 1.28 bits per heavy atom. The summed E-state index contributed by atoms with van der Waals surface area (Å²) in [6.07, 6.45) is -2.69. The monoisotopic (exact) mass is 400 g/mol. The summed E-state index contributed by atoms with van der Waals surface area (Å²) in [4.78, 5) is 46.6. The van der Waals surface area contributed by atoms with Crippen molar-refractivity contribution in [1.29, 1.82) is 0 Å². The van der Waals surface area contributed by atoms with Crippen LogP contribution in [0.15, 0.2) is 60.7 Å². The molecule has 1 atom stereocenters. The average Bonchev–Trinajstić information content (AvgIpc) is 2.71. The molecule has 29 heavy (non-hydrogen) atoms. The second-order valence-electron chi connectivity index (χ2n) is 5.91. The highest BCUT2D eigenvalue weighted by molar-refractivity contribution is 5.95. The van der Waals surface area contributed by atoms with Crippen LogP contribution in [0.4, 0.5) is 9.59 Å². The van der Waals surface area contributed by atoms with Crippen LogP contribution in [0, 0.1) is 0 Å². The van der Waals surface area contributed by atoms with Gasteiger partial charge in [0, 0.05) is 0 Å². The molecule has 0 saturated carbocycles. The zero-order valence-electron chi connectivity index (χ0n) is 15.4. The topological polar surface area (TPSA) is 131 Å². The maximum atomic E-state index is 11.9. The van der Waals surface area contributed by atoms with Crippen molar-refractivity contribution in [2.24, 2.45) is 0 Å². The van der Waals surface area contributed by atoms with E-state index < -0.39 is 36.5 Å². The quantitative estimate of drug-likeness (QED) is 0.619. The third-order valence-electron chi connectivity index (χ3n) is 3.65. The number of hydrogen-bond donors (Lipinski definition) is 3. The highest BCUT2D eigenvalue weighted by atomic mass is 16.6. The van der Waals surface area contributed by atoms with Gasteiger partial charge in [0.05, 0.1) is 6.42 Å². The van der Waals surface area contributed by atoms with E-state index in [1.165, 1.54) is 0 Å². The molecule has 9 nitrogen and oxygen atoms in total. The van der Waals surface area contributed by atoms with Crippen LogP contribution in [0.1, 0.15) is 17.5 Å². The molecule has 0 spiro atoms. The van der Waals surface area contributed by atoms with Gasteiger partial charge in [-0.15, -0.1) is 0 Å². The molecule has 2 aromatic carbocycles. The Balaban J connectivity index is 1.76. The molecule has 0 aliphatic heterocycles. The number of aliphatic carboxylic acids is 1. The van der Waals surface area contributed by atoms with Gasteiger partial charge in [-0.05, 0) is 11.1 Å². The smallest absolute Gasteiger partial charge is 0.414 e. The average molecular weight is 400 g/mol. The maximum Gasteiger partial charge on any atom is 0.414 e. The lowest BCUT2D eigenvalue weighted by atomic mass is 10.2. The van der Waals surface area contributed by atoms with Gasteiger partial charge in [0.2, 0.25) is 5.91 Å². The van der Waals surface area contributed by atoms with Crippen molar-refractivity contribution in [1.82, 2.24) is 10.6 Å². The summed E-state index contributed by atoms with van der Waals surface area (Å²) < 4.78 is 9.80. The third-order valence-corrected chi connectivity index (χ3v) is 3.65. The minimum absolute atomic E-state index is 0.0492. The fraction of sp³-hybridized carbons (Fsp3) is 0.200. The van der Waals surface area contributed by atoms with E-state index in [9.17, 15) is 24.3 Å². The largest absolute Gasteiger partial charge is 0.480 e. The van der Waals surface area contributed by atoms with E-state index >= 15 is 0 Å². The van der Waals surface area contributed by atoms with Crippen molar-refractivity contribution in [2.75, 3.05) is 0 Å². The van der Waals surface area contributed by atoms with Crippen LogP contribution in [0.25, 0.3) is 0 Å². The van der Waals surface area contributed by atoms with Gasteiger partial charge in [0.15, 0.2) is 0 Å². The lowest BCUT2D eigenvalue weighted by Gasteiger charge is -2.14. The molecule has 3 amide bonds. The highest BCUT2D eigenvalue weighted by Gasteiger charge is 2.25. The number of carboxylic acid groups (broad SMARTS) is 1. The van der Waals surface area contributed by atoms with Gasteiger partial charge < -0.3 is 19.9 Å². The minimum Gasteiger partial charge on any atom is -0.480 e. The van der Waals surface area contributed by atoms with E-state index in [2.05, 4.69) is 5.32 Å². The predicted molar refractivity (Wildman–Crippen MR) is 101 cm³/mol. The lowest BCUT2D eigenvalue weighted by molar-refractivity contribution is -0.141. The first-order valence-electron chi connectivity index (χ1n) is 8.64. The molecule has 0 aromatic heterocycles. The number of carbonyl (C=O) groups is 4. The summed E-state index contributed by atoms with van der Waals surface area (Å²) in [7, 11) is 0. The zero-order chi connectivity index (χ0) is 21.1. The Kier molecular flexibility index (Phi) is 8.18. The molecule has 0 saturated heterocycles. The van der Waals surface area contributed by atoms with Gasteiger partial charge >= 0.3 is 18.2 Å². The first-order valence-corrected chi connectivity index (χ1v) is 8.64. The first-order chi connectivity index (χ1) is 13.9. The second kappa shape index (κ2) is 11.1.